The number of H-pyrrole nitrogens is 1. The van der Waals surface area contributed by atoms with Gasteiger partial charge in [0.2, 0.25) is 0 Å². The number of nitrogens with one attached hydrogen (secondary N) is 2. The molecule has 0 saturated carbocycles. The lowest BCUT2D eigenvalue weighted by Crippen LogP contribution is -2.37. The number of hydrogen-bond donors (Lipinski definition) is 2. The van der Waals surface area contributed by atoms with Crippen molar-refractivity contribution in [3.05, 3.63) is 49.8 Å². The van der Waals surface area contributed by atoms with E-state index in [-0.39, 0.29) is 17.0 Å². The van der Waals surface area contributed by atoms with Gasteiger partial charge in [-0.1, -0.05) is 20.8 Å². The average molecular weight is 362 g/mol. The molecule has 0 aliphatic rings. The second-order valence-corrected chi connectivity index (χ2v) is 8.33. The largest absolute Gasteiger partial charge is 0.350 e. The Labute approximate surface area is 152 Å². The number of thiophene rings is 1. The summed E-state index contributed by atoms with van der Waals surface area (Å²) >= 11 is 1.67. The topological polar surface area (TPSA) is 78.1 Å². The average Bonchev–Trinajstić information content (AvgIpc) is 2.92. The third kappa shape index (κ3) is 4.55. The van der Waals surface area contributed by atoms with Crippen molar-refractivity contribution >= 4 is 17.2 Å². The third-order valence-electron chi connectivity index (χ3n) is 4.04. The Morgan fingerprint density at radius 2 is 2.08 bits per heavy atom. The molecule has 2 rings (SSSR count). The van der Waals surface area contributed by atoms with Gasteiger partial charge in [-0.3, -0.25) is 9.59 Å². The molecule has 2 N–H and O–H groups in total. The molecule has 0 bridgehead atoms. The summed E-state index contributed by atoms with van der Waals surface area (Å²) in [6.45, 7) is 8.35. The Hall–Kier alpha value is -1.99. The van der Waals surface area contributed by atoms with Crippen molar-refractivity contribution in [1.29, 1.82) is 0 Å². The highest BCUT2D eigenvalue weighted by Crippen LogP contribution is 2.26. The van der Waals surface area contributed by atoms with Gasteiger partial charge in [0.15, 0.2) is 0 Å². The fraction of sp³-hybridized carbons (Fsp3) is 0.500. The minimum atomic E-state index is -0.411. The summed E-state index contributed by atoms with van der Waals surface area (Å²) in [7, 11) is 3.95. The molecule has 136 valence electrons. The maximum absolute atomic E-state index is 12.4. The number of aromatic nitrogens is 2. The number of carbonyl (C=O) groups is 1. The lowest BCUT2D eigenvalue weighted by atomic mass is 9.96. The first-order valence-corrected chi connectivity index (χ1v) is 9.07. The summed E-state index contributed by atoms with van der Waals surface area (Å²) in [5.41, 5.74) is 0.549. The fourth-order valence-electron chi connectivity index (χ4n) is 2.46. The minimum Gasteiger partial charge on any atom is -0.350 e. The van der Waals surface area contributed by atoms with Gasteiger partial charge < -0.3 is 15.2 Å². The van der Waals surface area contributed by atoms with Gasteiger partial charge in [-0.05, 0) is 38.0 Å². The molecular weight excluding hydrogens is 336 g/mol. The summed E-state index contributed by atoms with van der Waals surface area (Å²) < 4.78 is 0. The van der Waals surface area contributed by atoms with Crippen LogP contribution in [0.3, 0.4) is 0 Å². The molecule has 0 fully saturated rings. The highest BCUT2D eigenvalue weighted by molar-refractivity contribution is 7.10. The highest BCUT2D eigenvalue weighted by atomic mass is 32.1. The van der Waals surface area contributed by atoms with E-state index in [9.17, 15) is 9.59 Å². The number of aryl methyl sites for hydroxylation is 1. The zero-order chi connectivity index (χ0) is 18.8. The predicted octanol–water partition coefficient (Wildman–Crippen LogP) is 2.47. The monoisotopic (exact) mass is 362 g/mol. The molecule has 0 unspecified atom stereocenters. The van der Waals surface area contributed by atoms with Gasteiger partial charge >= 0.3 is 0 Å². The normalized spacial score (nSPS) is 13.1. The van der Waals surface area contributed by atoms with Crippen LogP contribution in [0.2, 0.25) is 0 Å². The third-order valence-corrected chi connectivity index (χ3v) is 5.16. The summed E-state index contributed by atoms with van der Waals surface area (Å²) in [5.74, 6) is 0.157. The molecule has 1 amide bonds. The van der Waals surface area contributed by atoms with E-state index in [2.05, 4.69) is 33.2 Å². The fourth-order valence-corrected chi connectivity index (χ4v) is 3.58. The van der Waals surface area contributed by atoms with E-state index in [4.69, 9.17) is 0 Å². The molecule has 2 heterocycles. The van der Waals surface area contributed by atoms with E-state index in [1.165, 1.54) is 16.6 Å². The Morgan fingerprint density at radius 3 is 2.56 bits per heavy atom. The molecule has 6 nitrogen and oxygen atoms in total. The number of amides is 1. The van der Waals surface area contributed by atoms with Gasteiger partial charge in [-0.25, -0.2) is 4.98 Å². The van der Waals surface area contributed by atoms with E-state index >= 15 is 0 Å². The quantitative estimate of drug-likeness (QED) is 0.856. The Morgan fingerprint density at radius 1 is 1.40 bits per heavy atom. The molecule has 0 spiro atoms. The molecule has 25 heavy (non-hydrogen) atoms. The maximum Gasteiger partial charge on any atom is 0.263 e. The number of aromatic amines is 1. The number of likely N-dealkylation sites (N-methyl/N-ethyl adjacent to an activating group) is 1. The Bertz CT molecular complexity index is 802. The summed E-state index contributed by atoms with van der Waals surface area (Å²) in [6, 6.07) is 2.13. The van der Waals surface area contributed by atoms with Gasteiger partial charge in [0.25, 0.3) is 11.5 Å². The van der Waals surface area contributed by atoms with E-state index in [1.54, 1.807) is 11.3 Å². The van der Waals surface area contributed by atoms with Crippen molar-refractivity contribution in [3.8, 4) is 0 Å². The first kappa shape index (κ1) is 19.3. The van der Waals surface area contributed by atoms with E-state index in [0.717, 1.165) is 0 Å². The standard InChI is InChI=1S/C18H26N4O2S/c1-11-7-8-25-14(11)13(22(5)6)10-19-15(23)12-9-20-17(18(2,3)4)21-16(12)24/h7-9,13H,10H2,1-6H3,(H,19,23)(H,20,21,24)/t13-/m0/s1. The van der Waals surface area contributed by atoms with Crippen LogP contribution in [0.1, 0.15) is 53.4 Å². The Kier molecular flexibility index (Phi) is 5.80. The highest BCUT2D eigenvalue weighted by Gasteiger charge is 2.22. The molecule has 0 saturated heterocycles. The minimum absolute atomic E-state index is 0.0356. The van der Waals surface area contributed by atoms with Gasteiger partial charge in [0.05, 0.1) is 6.04 Å². The van der Waals surface area contributed by atoms with Crippen LogP contribution in [-0.4, -0.2) is 41.4 Å². The summed E-state index contributed by atoms with van der Waals surface area (Å²) in [5, 5.41) is 4.91. The van der Waals surface area contributed by atoms with Crippen molar-refractivity contribution in [2.24, 2.45) is 0 Å². The predicted molar refractivity (Wildman–Crippen MR) is 101 cm³/mol. The number of hydrogen-bond acceptors (Lipinski definition) is 5. The lowest BCUT2D eigenvalue weighted by molar-refractivity contribution is 0.0940. The van der Waals surface area contributed by atoms with Crippen molar-refractivity contribution in [2.75, 3.05) is 20.6 Å². The van der Waals surface area contributed by atoms with Gasteiger partial charge in [0, 0.05) is 23.0 Å². The van der Waals surface area contributed by atoms with Crippen molar-refractivity contribution in [3.63, 3.8) is 0 Å². The number of nitrogens with zero attached hydrogens (tertiary/aromatic N) is 2. The van der Waals surface area contributed by atoms with Crippen molar-refractivity contribution < 1.29 is 4.79 Å². The van der Waals surface area contributed by atoms with E-state index in [0.29, 0.717) is 12.4 Å². The van der Waals surface area contributed by atoms with Crippen LogP contribution in [0.5, 0.6) is 0 Å². The first-order chi connectivity index (χ1) is 11.6. The molecule has 0 aliphatic carbocycles. The van der Waals surface area contributed by atoms with Crippen LogP contribution in [0, 0.1) is 6.92 Å². The lowest BCUT2D eigenvalue weighted by Gasteiger charge is -2.24. The van der Waals surface area contributed by atoms with E-state index < -0.39 is 11.5 Å². The van der Waals surface area contributed by atoms with Gasteiger partial charge in [0.1, 0.15) is 11.4 Å². The van der Waals surface area contributed by atoms with Gasteiger partial charge in [-0.2, -0.15) is 0 Å². The molecule has 0 radical (unpaired) electrons. The first-order valence-electron chi connectivity index (χ1n) is 8.19. The second kappa shape index (κ2) is 7.49. The van der Waals surface area contributed by atoms with Crippen molar-refractivity contribution in [1.82, 2.24) is 20.2 Å². The number of rotatable bonds is 5. The van der Waals surface area contributed by atoms with Gasteiger partial charge in [-0.15, -0.1) is 11.3 Å². The van der Waals surface area contributed by atoms with Crippen LogP contribution < -0.4 is 10.9 Å². The SMILES string of the molecule is Cc1ccsc1[C@H](CNC(=O)c1cnc(C(C)(C)C)[nH]c1=O)N(C)C. The zero-order valence-electron chi connectivity index (χ0n) is 15.6. The van der Waals surface area contributed by atoms with Crippen LogP contribution in [0.15, 0.2) is 22.4 Å². The van der Waals surface area contributed by atoms with Crippen LogP contribution in [-0.2, 0) is 5.41 Å². The molecule has 2 aromatic rings. The summed E-state index contributed by atoms with van der Waals surface area (Å²) in [6.07, 6.45) is 1.36. The van der Waals surface area contributed by atoms with E-state index in [1.807, 2.05) is 40.2 Å². The number of carbonyl (C=O) groups excluding carboxylic acids is 1. The molecule has 0 aromatic carbocycles. The van der Waals surface area contributed by atoms with Crippen LogP contribution in [0.25, 0.3) is 0 Å². The molecule has 2 aromatic heterocycles. The molecule has 7 heteroatoms. The van der Waals surface area contributed by atoms with Crippen LogP contribution >= 0.6 is 11.3 Å². The smallest absolute Gasteiger partial charge is 0.263 e. The zero-order valence-corrected chi connectivity index (χ0v) is 16.5. The Balaban J connectivity index is 2.14. The summed E-state index contributed by atoms with van der Waals surface area (Å²) in [4.78, 5) is 34.9. The van der Waals surface area contributed by atoms with Crippen LogP contribution in [0.4, 0.5) is 0 Å². The molecule has 0 aliphatic heterocycles. The molecular formula is C18H26N4O2S. The van der Waals surface area contributed by atoms with Crippen molar-refractivity contribution in [2.45, 2.75) is 39.2 Å². The second-order valence-electron chi connectivity index (χ2n) is 7.38. The maximum atomic E-state index is 12.4. The molecule has 1 atom stereocenters.